The minimum absolute atomic E-state index is 0.0124. The van der Waals surface area contributed by atoms with Gasteiger partial charge in [0.25, 0.3) is 0 Å². The molecule has 1 aliphatic carbocycles. The molecule has 0 spiro atoms. The van der Waals surface area contributed by atoms with E-state index in [1.807, 2.05) is 0 Å². The standard InChI is InChI=1S/C24H18F4/c1-2-14-3-5-15(6-4-14)16-7-8-17-10-20(21(25)11-18(17)9-16)19-12-22(26)24(28)23(27)13-19/h3-7,10-13H,2,8-9H2,1H3. The first kappa shape index (κ1) is 18.5. The minimum Gasteiger partial charge on any atom is -0.206 e. The molecule has 28 heavy (non-hydrogen) atoms. The fourth-order valence-corrected chi connectivity index (χ4v) is 3.63. The normalized spacial score (nSPS) is 13.2. The number of hydrogen-bond acceptors (Lipinski definition) is 0. The molecule has 0 unspecified atom stereocenters. The molecule has 0 nitrogen and oxygen atoms in total. The van der Waals surface area contributed by atoms with Crippen molar-refractivity contribution in [3.63, 3.8) is 0 Å². The van der Waals surface area contributed by atoms with Crippen molar-refractivity contribution in [2.75, 3.05) is 0 Å². The maximum atomic E-state index is 14.7. The van der Waals surface area contributed by atoms with E-state index in [0.29, 0.717) is 12.8 Å². The first-order chi connectivity index (χ1) is 13.5. The molecule has 0 aliphatic heterocycles. The summed E-state index contributed by atoms with van der Waals surface area (Å²) in [6.45, 7) is 2.10. The maximum Gasteiger partial charge on any atom is 0.194 e. The van der Waals surface area contributed by atoms with Gasteiger partial charge in [0.2, 0.25) is 0 Å². The quantitative estimate of drug-likeness (QED) is 0.351. The summed E-state index contributed by atoms with van der Waals surface area (Å²) in [7, 11) is 0. The highest BCUT2D eigenvalue weighted by molar-refractivity contribution is 5.73. The zero-order valence-electron chi connectivity index (χ0n) is 15.3. The van der Waals surface area contributed by atoms with Crippen LogP contribution in [0.2, 0.25) is 0 Å². The van der Waals surface area contributed by atoms with Crippen molar-refractivity contribution in [1.82, 2.24) is 0 Å². The Morgan fingerprint density at radius 1 is 0.750 bits per heavy atom. The molecule has 0 saturated carbocycles. The van der Waals surface area contributed by atoms with E-state index >= 15 is 0 Å². The molecular weight excluding hydrogens is 364 g/mol. The highest BCUT2D eigenvalue weighted by Gasteiger charge is 2.19. The van der Waals surface area contributed by atoms with Gasteiger partial charge in [-0.15, -0.1) is 0 Å². The third kappa shape index (κ3) is 3.35. The lowest BCUT2D eigenvalue weighted by Crippen LogP contribution is -2.05. The summed E-state index contributed by atoms with van der Waals surface area (Å²) in [4.78, 5) is 0. The van der Waals surface area contributed by atoms with E-state index in [4.69, 9.17) is 0 Å². The lowest BCUT2D eigenvalue weighted by molar-refractivity contribution is 0.447. The van der Waals surface area contributed by atoms with Crippen LogP contribution in [-0.4, -0.2) is 0 Å². The van der Waals surface area contributed by atoms with Crippen molar-refractivity contribution in [2.24, 2.45) is 0 Å². The van der Waals surface area contributed by atoms with Gasteiger partial charge >= 0.3 is 0 Å². The van der Waals surface area contributed by atoms with E-state index in [1.165, 1.54) is 11.6 Å². The topological polar surface area (TPSA) is 0 Å². The molecule has 4 rings (SSSR count). The molecule has 0 fully saturated rings. The van der Waals surface area contributed by atoms with Gasteiger partial charge in [-0.3, -0.25) is 0 Å². The van der Waals surface area contributed by atoms with Crippen LogP contribution in [-0.2, 0) is 19.3 Å². The zero-order chi connectivity index (χ0) is 19.8. The summed E-state index contributed by atoms with van der Waals surface area (Å²) in [6.07, 6.45) is 4.25. The Kier molecular flexibility index (Phi) is 4.80. The molecule has 1 aliphatic rings. The van der Waals surface area contributed by atoms with Crippen molar-refractivity contribution >= 4 is 5.57 Å². The largest absolute Gasteiger partial charge is 0.206 e. The Morgan fingerprint density at radius 2 is 1.43 bits per heavy atom. The predicted molar refractivity (Wildman–Crippen MR) is 103 cm³/mol. The number of fused-ring (bicyclic) bond motifs is 1. The SMILES string of the molecule is CCc1ccc(C2=CCc3cc(-c4cc(F)c(F)c(F)c4)c(F)cc3C2)cc1. The minimum atomic E-state index is -1.55. The molecule has 142 valence electrons. The Bertz CT molecular complexity index is 1060. The average molecular weight is 382 g/mol. The van der Waals surface area contributed by atoms with Gasteiger partial charge in [0.05, 0.1) is 0 Å². The Morgan fingerprint density at radius 3 is 2.07 bits per heavy atom. The Balaban J connectivity index is 1.68. The van der Waals surface area contributed by atoms with Crippen LogP contribution in [0.15, 0.2) is 54.6 Å². The van der Waals surface area contributed by atoms with Gasteiger partial charge in [-0.1, -0.05) is 37.3 Å². The Hall–Kier alpha value is -2.88. The second-order valence-electron chi connectivity index (χ2n) is 7.02. The molecule has 0 N–H and O–H groups in total. The zero-order valence-corrected chi connectivity index (χ0v) is 15.3. The monoisotopic (exact) mass is 382 g/mol. The number of hydrogen-bond donors (Lipinski definition) is 0. The summed E-state index contributed by atoms with van der Waals surface area (Å²) in [6, 6.07) is 13.0. The maximum absolute atomic E-state index is 14.7. The van der Waals surface area contributed by atoms with Gasteiger partial charge in [0.1, 0.15) is 5.82 Å². The molecule has 0 radical (unpaired) electrons. The van der Waals surface area contributed by atoms with Gasteiger partial charge in [0, 0.05) is 5.56 Å². The highest BCUT2D eigenvalue weighted by atomic mass is 19.2. The molecule has 4 heteroatoms. The Labute approximate surface area is 161 Å². The van der Waals surface area contributed by atoms with Crippen LogP contribution in [0.25, 0.3) is 16.7 Å². The summed E-state index contributed by atoms with van der Waals surface area (Å²) in [5.74, 6) is -4.79. The van der Waals surface area contributed by atoms with Crippen molar-refractivity contribution in [2.45, 2.75) is 26.2 Å². The fraction of sp³-hybridized carbons (Fsp3) is 0.167. The molecule has 0 bridgehead atoms. The molecule has 0 heterocycles. The summed E-state index contributed by atoms with van der Waals surface area (Å²) in [5.41, 5.74) is 5.30. The van der Waals surface area contributed by atoms with Crippen molar-refractivity contribution in [3.05, 3.63) is 100 Å². The van der Waals surface area contributed by atoms with Gasteiger partial charge in [-0.2, -0.15) is 0 Å². The van der Waals surface area contributed by atoms with Crippen LogP contribution >= 0.6 is 0 Å². The first-order valence-corrected chi connectivity index (χ1v) is 9.20. The number of benzene rings is 3. The summed E-state index contributed by atoms with van der Waals surface area (Å²) < 4.78 is 55.0. The smallest absolute Gasteiger partial charge is 0.194 e. The molecular formula is C24H18F4. The lowest BCUT2D eigenvalue weighted by atomic mass is 9.86. The lowest BCUT2D eigenvalue weighted by Gasteiger charge is -2.19. The summed E-state index contributed by atoms with van der Waals surface area (Å²) in [5, 5.41) is 0. The van der Waals surface area contributed by atoms with Crippen LogP contribution in [0.1, 0.15) is 29.2 Å². The van der Waals surface area contributed by atoms with E-state index < -0.39 is 23.3 Å². The number of rotatable bonds is 3. The van der Waals surface area contributed by atoms with Gasteiger partial charge < -0.3 is 0 Å². The number of aryl methyl sites for hydroxylation is 1. The van der Waals surface area contributed by atoms with Gasteiger partial charge in [-0.25, -0.2) is 17.6 Å². The van der Waals surface area contributed by atoms with E-state index in [0.717, 1.165) is 40.8 Å². The van der Waals surface area contributed by atoms with Crippen molar-refractivity contribution in [3.8, 4) is 11.1 Å². The number of allylic oxidation sites excluding steroid dienone is 2. The molecule has 0 atom stereocenters. The molecule has 3 aromatic carbocycles. The van der Waals surface area contributed by atoms with Crippen molar-refractivity contribution in [1.29, 1.82) is 0 Å². The van der Waals surface area contributed by atoms with Crippen LogP contribution < -0.4 is 0 Å². The van der Waals surface area contributed by atoms with Gasteiger partial charge in [-0.05, 0) is 76.9 Å². The van der Waals surface area contributed by atoms with Gasteiger partial charge in [0.15, 0.2) is 17.5 Å². The van der Waals surface area contributed by atoms with Crippen molar-refractivity contribution < 1.29 is 17.6 Å². The first-order valence-electron chi connectivity index (χ1n) is 9.20. The van der Waals surface area contributed by atoms with Crippen LogP contribution in [0, 0.1) is 23.3 Å². The molecule has 0 amide bonds. The van der Waals surface area contributed by atoms with E-state index in [2.05, 4.69) is 37.3 Å². The van der Waals surface area contributed by atoms with Crippen LogP contribution in [0.3, 0.4) is 0 Å². The third-order valence-corrected chi connectivity index (χ3v) is 5.27. The van der Waals surface area contributed by atoms with E-state index in [1.54, 1.807) is 6.07 Å². The predicted octanol–water partition coefficient (Wildman–Crippen LogP) is 6.65. The second-order valence-corrected chi connectivity index (χ2v) is 7.02. The average Bonchev–Trinajstić information content (AvgIpc) is 2.70. The second kappa shape index (κ2) is 7.27. The highest BCUT2D eigenvalue weighted by Crippen LogP contribution is 2.33. The van der Waals surface area contributed by atoms with Crippen LogP contribution in [0.4, 0.5) is 17.6 Å². The van der Waals surface area contributed by atoms with E-state index in [-0.39, 0.29) is 11.1 Å². The molecule has 3 aromatic rings. The third-order valence-electron chi connectivity index (χ3n) is 5.27. The molecule has 0 saturated heterocycles. The number of halogens is 4. The van der Waals surface area contributed by atoms with E-state index in [9.17, 15) is 17.6 Å². The fourth-order valence-electron chi connectivity index (χ4n) is 3.63. The summed E-state index contributed by atoms with van der Waals surface area (Å²) >= 11 is 0. The molecule has 0 aromatic heterocycles. The van der Waals surface area contributed by atoms with Crippen LogP contribution in [0.5, 0.6) is 0 Å².